The predicted molar refractivity (Wildman–Crippen MR) is 127 cm³/mol. The van der Waals surface area contributed by atoms with Gasteiger partial charge in [0.2, 0.25) is 6.54 Å². The van der Waals surface area contributed by atoms with Crippen molar-refractivity contribution in [3.05, 3.63) is 39.9 Å². The third-order valence-electron chi connectivity index (χ3n) is 3.61. The van der Waals surface area contributed by atoms with Crippen molar-refractivity contribution in [3.63, 3.8) is 0 Å². The van der Waals surface area contributed by atoms with Gasteiger partial charge in [-0.3, -0.25) is 0 Å². The average molecular weight is 1030 g/mol. The fourth-order valence-corrected chi connectivity index (χ4v) is 2.00. The van der Waals surface area contributed by atoms with E-state index in [9.17, 15) is 10.2 Å². The molecule has 0 rings (SSSR count). The molecule has 0 aromatic carbocycles. The molecule has 0 saturated heterocycles. The Kier molecular flexibility index (Phi) is 47.2. The maximum atomic E-state index is 9.33. The standard InChI is InChI=1S/C14H28O6.C7H12NO3.C2H5O.2Rf/c1-17-11-13(15)5-9-19-7-3-4-8-20-10-6-14(16)12-18-2;1-8-3-4-11-6-7(9)5-10-2;1-3-2;;/h13-16H,1-12H2;7,9H,2-6H2;1H2,2H3;;/q-2;2*-1;;. The van der Waals surface area contributed by atoms with E-state index < -0.39 is 18.3 Å². The van der Waals surface area contributed by atoms with Crippen molar-refractivity contribution in [2.24, 2.45) is 0 Å². The summed E-state index contributed by atoms with van der Waals surface area (Å²) in [7, 11) is 14.0. The van der Waals surface area contributed by atoms with E-state index in [-0.39, 0.29) is 26.4 Å². The Labute approximate surface area is 206 Å². The second-order valence-corrected chi connectivity index (χ2v) is 6.83. The van der Waals surface area contributed by atoms with Gasteiger partial charge < -0.3 is 53.3 Å². The van der Waals surface area contributed by atoms with Gasteiger partial charge in [0.1, 0.15) is 6.61 Å². The van der Waals surface area contributed by atoms with Gasteiger partial charge in [-0.05, 0) is 32.8 Å². The normalized spacial score (nSPS) is 12.3. The van der Waals surface area contributed by atoms with Crippen LogP contribution >= 0.6 is 0 Å². The molecule has 0 heterocycles. The van der Waals surface area contributed by atoms with Crippen LogP contribution in [0.1, 0.15) is 25.7 Å². The van der Waals surface area contributed by atoms with Crippen molar-refractivity contribution < 1.29 is 48.5 Å². The molecule has 13 heteroatoms. The average Bonchev–Trinajstić information content (AvgIpc) is 2.79. The van der Waals surface area contributed by atoms with Gasteiger partial charge in [0, 0.05) is 46.2 Å². The summed E-state index contributed by atoms with van der Waals surface area (Å²) in [6.45, 7) is 10.3. The molecule has 0 fully saturated rings. The van der Waals surface area contributed by atoms with Crippen molar-refractivity contribution >= 4 is 0 Å². The first-order valence-corrected chi connectivity index (χ1v) is 10.9. The van der Waals surface area contributed by atoms with Crippen molar-refractivity contribution in [3.8, 4) is 0 Å². The number of hydrogen-bond acceptors (Lipinski definition) is 10. The number of aliphatic hydroxyl groups is 3. The van der Waals surface area contributed by atoms with Crippen LogP contribution in [-0.4, -0.2) is 107 Å². The summed E-state index contributed by atoms with van der Waals surface area (Å²) >= 11 is 0. The van der Waals surface area contributed by atoms with E-state index in [1.807, 2.05) is 0 Å². The van der Waals surface area contributed by atoms with Crippen molar-refractivity contribution in [1.29, 1.82) is 0 Å². The topological polar surface area (TPSA) is 130 Å². The quantitative estimate of drug-likeness (QED) is 0.115. The van der Waals surface area contributed by atoms with Gasteiger partial charge in [-0.1, -0.05) is 0 Å². The first-order chi connectivity index (χ1) is 16.4. The number of aliphatic hydroxyl groups excluding tert-OH is 3. The number of rotatable bonds is 21. The Hall–Kier alpha value is -2.91. The minimum absolute atomic E-state index is 0. The number of nitrogens with zero attached hydrogens (tertiary/aromatic N) is 1. The van der Waals surface area contributed by atoms with Crippen molar-refractivity contribution in [2.45, 2.75) is 44.0 Å². The second-order valence-electron chi connectivity index (χ2n) is 6.83. The molecule has 0 aliphatic carbocycles. The molecule has 0 aliphatic rings. The van der Waals surface area contributed by atoms with E-state index in [0.717, 1.165) is 12.8 Å². The van der Waals surface area contributed by atoms with Crippen LogP contribution in [0.15, 0.2) is 0 Å². The summed E-state index contributed by atoms with van der Waals surface area (Å²) in [6, 6.07) is 0. The Morgan fingerprint density at radius 1 is 0.639 bits per heavy atom. The molecule has 3 atom stereocenters. The molecule has 11 nitrogen and oxygen atoms in total. The van der Waals surface area contributed by atoms with Gasteiger partial charge in [-0.15, -0.1) is 0 Å². The number of unbranched alkanes of at least 4 members (excludes halogenated alkanes) is 1. The summed E-state index contributed by atoms with van der Waals surface area (Å²) < 4.78 is 33.2. The third kappa shape index (κ3) is 44.7. The first kappa shape index (κ1) is 43.2. The van der Waals surface area contributed by atoms with Crippen LogP contribution in [0.25, 0.3) is 4.85 Å². The van der Waals surface area contributed by atoms with Crippen LogP contribution < -0.4 is 0 Å². The molecule has 3 unspecified atom stereocenters. The van der Waals surface area contributed by atoms with Crippen molar-refractivity contribution in [2.75, 3.05) is 73.1 Å². The largest absolute Gasteiger partial charge is 0.557 e. The fourth-order valence-electron chi connectivity index (χ4n) is 2.00. The molecular weight excluding hydrogens is 984 g/mol. The van der Waals surface area contributed by atoms with Gasteiger partial charge in [0.25, 0.3) is 0 Å². The maximum absolute atomic E-state index is 9.33. The molecule has 0 aliphatic heterocycles. The molecule has 0 aromatic rings. The fraction of sp³-hybridized carbons (Fsp3) is 0.783. The smallest absolute Gasteiger partial charge is 0.237 e. The van der Waals surface area contributed by atoms with Crippen LogP contribution in [0.3, 0.4) is 0 Å². The molecule has 0 radical (unpaired) electrons. The van der Waals surface area contributed by atoms with Crippen LogP contribution in [0.2, 0.25) is 0 Å². The molecule has 0 saturated carbocycles. The molecule has 0 amide bonds. The number of hydrogen-bond donors (Lipinski definition) is 3. The van der Waals surface area contributed by atoms with Crippen LogP contribution in [0.4, 0.5) is 0 Å². The minimum atomic E-state index is -0.641. The van der Waals surface area contributed by atoms with Crippen LogP contribution in [0, 0.1) is 35.0 Å². The van der Waals surface area contributed by atoms with Crippen LogP contribution in [0.5, 0.6) is 0 Å². The summed E-state index contributed by atoms with van der Waals surface area (Å²) in [5.74, 6) is 0. The first-order valence-electron chi connectivity index (χ1n) is 10.9. The van der Waals surface area contributed by atoms with Gasteiger partial charge in [-0.2, -0.15) is 0 Å². The van der Waals surface area contributed by atoms with Gasteiger partial charge in [0.05, 0.1) is 24.9 Å². The molecule has 0 spiro atoms. The molecule has 0 bridgehead atoms. The predicted octanol–water partition coefficient (Wildman–Crippen LogP) is 1.43. The van der Waals surface area contributed by atoms with Gasteiger partial charge in [-0.25, -0.2) is 35.0 Å². The Balaban J connectivity index is -0.000000170. The minimum Gasteiger partial charge on any atom is -0.557 e. The van der Waals surface area contributed by atoms with Gasteiger partial charge in [0.15, 0.2) is 0 Å². The number of methoxy groups -OCH3 is 1. The Morgan fingerprint density at radius 2 is 1.03 bits per heavy atom. The van der Waals surface area contributed by atoms with E-state index in [1.54, 1.807) is 0 Å². The van der Waals surface area contributed by atoms with Crippen molar-refractivity contribution in [1.82, 2.24) is 0 Å². The zero-order valence-corrected chi connectivity index (χ0v) is 34.8. The summed E-state index contributed by atoms with van der Waals surface area (Å²) in [4.78, 5) is 3.08. The molecule has 3 N–H and O–H groups in total. The zero-order valence-electron chi connectivity index (χ0n) is 22.0. The third-order valence-corrected chi connectivity index (χ3v) is 3.61. The molecular formula is C23H45NO10Rf2-4. The molecule has 36 heavy (non-hydrogen) atoms. The molecule has 0 aromatic heterocycles. The second kappa shape index (κ2) is 39.3. The SMILES string of the molecule is [C-]#[N+]CCOCC(O)CO[CH2-].[CH2-]OC.[CH2-]OCC(O)CCOCCCCOCCC(O)CO[CH2-].[Rf].[Rf]. The number of ether oxygens (including phenoxy) is 7. The Morgan fingerprint density at radius 3 is 1.39 bits per heavy atom. The monoisotopic (exact) mass is 1030 g/mol. The van der Waals surface area contributed by atoms with E-state index in [4.69, 9.17) is 25.9 Å². The molecule has 210 valence electrons. The maximum Gasteiger partial charge on any atom is 0.237 e. The van der Waals surface area contributed by atoms with E-state index in [1.165, 1.54) is 7.11 Å². The van der Waals surface area contributed by atoms with E-state index in [0.29, 0.717) is 52.4 Å². The Bertz CT molecular complexity index is 390. The summed E-state index contributed by atoms with van der Waals surface area (Å²) in [5.41, 5.74) is 0. The van der Waals surface area contributed by atoms with E-state index in [2.05, 4.69) is 52.2 Å². The summed E-state index contributed by atoms with van der Waals surface area (Å²) in [5, 5.41) is 27.6. The van der Waals surface area contributed by atoms with E-state index >= 15 is 0 Å². The zero-order chi connectivity index (χ0) is 26.3. The van der Waals surface area contributed by atoms with Gasteiger partial charge >= 0.3 is 0 Å². The summed E-state index contributed by atoms with van der Waals surface area (Å²) in [6.07, 6.45) is 1.27. The van der Waals surface area contributed by atoms with Crippen LogP contribution in [-0.2, 0) is 33.2 Å².